The molecule has 0 spiro atoms. The third-order valence-electron chi connectivity index (χ3n) is 6.08. The molecule has 0 radical (unpaired) electrons. The molecule has 3 aromatic carbocycles. The number of isothiocyanates is 1. The minimum absolute atomic E-state index is 0.301. The second-order valence-electron chi connectivity index (χ2n) is 8.41. The zero-order chi connectivity index (χ0) is 23.4. The molecule has 4 rings (SSSR count). The van der Waals surface area contributed by atoms with E-state index >= 15 is 0 Å². The number of unbranched alkanes of at least 4 members (excludes halogenated alkanes) is 1. The van der Waals surface area contributed by atoms with Crippen LogP contribution < -0.4 is 0 Å². The number of rotatable bonds is 8. The number of aliphatic imine (C=N–C) groups is 1. The van der Waals surface area contributed by atoms with Crippen LogP contribution in [0.5, 0.6) is 0 Å². The molecule has 1 aliphatic rings. The molecule has 5 heteroatoms. The lowest BCUT2D eigenvalue weighted by Crippen LogP contribution is -1.97. The molecule has 0 saturated carbocycles. The number of aryl methyl sites for hydroxylation is 2. The number of fused-ring (bicyclic) bond motifs is 1. The van der Waals surface area contributed by atoms with Gasteiger partial charge in [0.25, 0.3) is 0 Å². The van der Waals surface area contributed by atoms with E-state index in [2.05, 4.69) is 42.3 Å². The molecule has 33 heavy (non-hydrogen) atoms. The number of hydrogen-bond donors (Lipinski definition) is 0. The van der Waals surface area contributed by atoms with Gasteiger partial charge in [0.2, 0.25) is 0 Å². The molecule has 1 aliphatic carbocycles. The predicted molar refractivity (Wildman–Crippen MR) is 131 cm³/mol. The number of nitrogens with zero attached hydrogens (tertiary/aromatic N) is 1. The summed E-state index contributed by atoms with van der Waals surface area (Å²) in [5, 5.41) is 1.97. The largest absolute Gasteiger partial charge is 0.207 e. The fourth-order valence-electron chi connectivity index (χ4n) is 4.27. The van der Waals surface area contributed by atoms with Crippen molar-refractivity contribution >= 4 is 29.1 Å². The quantitative estimate of drug-likeness (QED) is 0.241. The van der Waals surface area contributed by atoms with Crippen LogP contribution >= 0.6 is 12.2 Å². The maximum absolute atomic E-state index is 14.8. The van der Waals surface area contributed by atoms with Crippen molar-refractivity contribution in [1.29, 1.82) is 0 Å². The summed E-state index contributed by atoms with van der Waals surface area (Å²) in [4.78, 5) is 3.41. The molecule has 0 saturated heterocycles. The summed E-state index contributed by atoms with van der Waals surface area (Å²) < 4.78 is 42.9. The highest BCUT2D eigenvalue weighted by molar-refractivity contribution is 7.78. The van der Waals surface area contributed by atoms with Crippen LogP contribution in [0.15, 0.2) is 59.1 Å². The Labute approximate surface area is 197 Å². The minimum Gasteiger partial charge on any atom is -0.207 e. The molecule has 1 nitrogen and oxygen atoms in total. The number of hydrogen-bond acceptors (Lipinski definition) is 2. The van der Waals surface area contributed by atoms with Gasteiger partial charge in [-0.05, 0) is 102 Å². The number of benzene rings is 3. The molecule has 0 amide bonds. The van der Waals surface area contributed by atoms with Gasteiger partial charge in [-0.25, -0.2) is 13.2 Å². The lowest BCUT2D eigenvalue weighted by molar-refractivity contribution is 0.582. The van der Waals surface area contributed by atoms with Crippen LogP contribution in [0.1, 0.15) is 48.4 Å². The van der Waals surface area contributed by atoms with Crippen molar-refractivity contribution < 1.29 is 13.2 Å². The van der Waals surface area contributed by atoms with Crippen LogP contribution in [0, 0.1) is 17.5 Å². The van der Waals surface area contributed by atoms with Crippen molar-refractivity contribution in [3.05, 3.63) is 93.8 Å². The maximum atomic E-state index is 14.8. The van der Waals surface area contributed by atoms with Crippen molar-refractivity contribution in [3.8, 4) is 11.1 Å². The number of halogens is 3. The van der Waals surface area contributed by atoms with Gasteiger partial charge in [-0.1, -0.05) is 49.3 Å². The molecule has 168 valence electrons. The molecule has 0 bridgehead atoms. The van der Waals surface area contributed by atoms with E-state index in [1.54, 1.807) is 6.07 Å². The summed E-state index contributed by atoms with van der Waals surface area (Å²) in [5.41, 5.74) is 6.27. The van der Waals surface area contributed by atoms with Gasteiger partial charge in [0.15, 0.2) is 11.6 Å². The summed E-state index contributed by atoms with van der Waals surface area (Å²) in [7, 11) is 0. The van der Waals surface area contributed by atoms with Gasteiger partial charge in [-0.2, -0.15) is 4.99 Å². The normalized spacial score (nSPS) is 12.3. The molecule has 3 aromatic rings. The Morgan fingerprint density at radius 3 is 2.30 bits per heavy atom. The highest BCUT2D eigenvalue weighted by Crippen LogP contribution is 2.32. The van der Waals surface area contributed by atoms with Gasteiger partial charge in [-0.3, -0.25) is 0 Å². The number of thiocarbonyl (C=S) groups is 1. The average molecular weight is 464 g/mol. The monoisotopic (exact) mass is 463 g/mol. The van der Waals surface area contributed by atoms with E-state index in [-0.39, 0.29) is 5.82 Å². The Kier molecular flexibility index (Phi) is 7.22. The van der Waals surface area contributed by atoms with E-state index in [1.165, 1.54) is 47.7 Å². The first kappa shape index (κ1) is 23.2. The first-order valence-corrected chi connectivity index (χ1v) is 11.6. The topological polar surface area (TPSA) is 12.4 Å². The molecule has 0 unspecified atom stereocenters. The van der Waals surface area contributed by atoms with Crippen molar-refractivity contribution in [3.63, 3.8) is 0 Å². The molecular formula is C28H24F3NS. The predicted octanol–water partition coefficient (Wildman–Crippen LogP) is 8.42. The van der Waals surface area contributed by atoms with Gasteiger partial charge < -0.3 is 0 Å². The Morgan fingerprint density at radius 1 is 0.879 bits per heavy atom. The van der Waals surface area contributed by atoms with Crippen molar-refractivity contribution in [2.24, 2.45) is 4.99 Å². The van der Waals surface area contributed by atoms with E-state index in [4.69, 9.17) is 0 Å². The Bertz CT molecular complexity index is 1250. The van der Waals surface area contributed by atoms with E-state index in [9.17, 15) is 13.2 Å². The van der Waals surface area contributed by atoms with E-state index in [0.29, 0.717) is 24.0 Å². The van der Waals surface area contributed by atoms with Gasteiger partial charge in [0, 0.05) is 0 Å². The second-order valence-corrected chi connectivity index (χ2v) is 8.60. The summed E-state index contributed by atoms with van der Waals surface area (Å²) >= 11 is 4.41. The average Bonchev–Trinajstić information content (AvgIpc) is 3.21. The molecular weight excluding hydrogens is 439 g/mol. The smallest absolute Gasteiger partial charge is 0.152 e. The maximum Gasteiger partial charge on any atom is 0.152 e. The summed E-state index contributed by atoms with van der Waals surface area (Å²) in [6.07, 6.45) is 7.40. The minimum atomic E-state index is -0.804. The fourth-order valence-corrected chi connectivity index (χ4v) is 4.36. The highest BCUT2D eigenvalue weighted by Gasteiger charge is 2.15. The van der Waals surface area contributed by atoms with Crippen LogP contribution in [0.2, 0.25) is 0 Å². The zero-order valence-electron chi connectivity index (χ0n) is 18.4. The van der Waals surface area contributed by atoms with Crippen LogP contribution in [0.4, 0.5) is 18.9 Å². The molecule has 0 aromatic heterocycles. The van der Waals surface area contributed by atoms with Gasteiger partial charge >= 0.3 is 0 Å². The molecule has 0 heterocycles. The summed E-state index contributed by atoms with van der Waals surface area (Å²) in [6.45, 7) is 2.20. The van der Waals surface area contributed by atoms with Crippen LogP contribution in [0.25, 0.3) is 17.2 Å². The third kappa shape index (κ3) is 5.32. The van der Waals surface area contributed by atoms with Gasteiger partial charge in [0.1, 0.15) is 11.5 Å². The summed E-state index contributed by atoms with van der Waals surface area (Å²) in [5.74, 6) is -1.93. The number of allylic oxidation sites excluding steroid dienone is 1. The molecule has 0 atom stereocenters. The first-order chi connectivity index (χ1) is 16.0. The van der Waals surface area contributed by atoms with Gasteiger partial charge in [0.05, 0.1) is 5.16 Å². The van der Waals surface area contributed by atoms with Gasteiger partial charge in [-0.15, -0.1) is 0 Å². The second kappa shape index (κ2) is 10.3. The molecule has 0 aliphatic heterocycles. The van der Waals surface area contributed by atoms with E-state index < -0.39 is 17.3 Å². The van der Waals surface area contributed by atoms with Crippen LogP contribution in [-0.4, -0.2) is 5.16 Å². The lowest BCUT2D eigenvalue weighted by atomic mass is 9.97. The van der Waals surface area contributed by atoms with E-state index in [0.717, 1.165) is 24.0 Å². The highest BCUT2D eigenvalue weighted by atomic mass is 32.1. The molecule has 0 fully saturated rings. The molecule has 0 N–H and O–H groups in total. The SMILES string of the molecule is CCCCC1=Cc2cc(-c3ccc(CCc4cc(F)c(N=C=S)c(F)c4)c(F)c3)ccc2C1. The fraction of sp³-hybridized carbons (Fsp3) is 0.250. The van der Waals surface area contributed by atoms with Crippen LogP contribution in [-0.2, 0) is 19.3 Å². The van der Waals surface area contributed by atoms with E-state index in [1.807, 2.05) is 17.3 Å². The van der Waals surface area contributed by atoms with Crippen molar-refractivity contribution in [1.82, 2.24) is 0 Å². The zero-order valence-corrected chi connectivity index (χ0v) is 19.2. The van der Waals surface area contributed by atoms with Crippen molar-refractivity contribution in [2.75, 3.05) is 0 Å². The Balaban J connectivity index is 1.48. The first-order valence-electron chi connectivity index (χ1n) is 11.2. The third-order valence-corrected chi connectivity index (χ3v) is 6.17. The van der Waals surface area contributed by atoms with Crippen molar-refractivity contribution in [2.45, 2.75) is 45.4 Å². The standard InChI is InChI=1S/C28H24F3NS/c1-2-3-4-18-11-21-9-10-22(15-24(21)12-18)23-8-7-20(25(29)16-23)6-5-19-13-26(30)28(32-17-33)27(31)14-19/h7-10,12-16H,2-6,11H2,1H3. The Hall–Kier alpha value is -3.01. The van der Waals surface area contributed by atoms with Crippen LogP contribution in [0.3, 0.4) is 0 Å². The summed E-state index contributed by atoms with van der Waals surface area (Å²) in [6, 6.07) is 13.9. The lowest BCUT2D eigenvalue weighted by Gasteiger charge is -2.09. The Morgan fingerprint density at radius 2 is 1.61 bits per heavy atom.